The molecule has 0 atom stereocenters. The van der Waals surface area contributed by atoms with E-state index in [0.717, 1.165) is 17.7 Å². The van der Waals surface area contributed by atoms with Gasteiger partial charge in [0, 0.05) is 31.7 Å². The third kappa shape index (κ3) is 3.49. The smallest absolute Gasteiger partial charge is 0.0667 e. The van der Waals surface area contributed by atoms with Gasteiger partial charge in [-0.2, -0.15) is 0 Å². The Bertz CT molecular complexity index is 448. The molecule has 0 radical (unpaired) electrons. The second-order valence-corrected chi connectivity index (χ2v) is 11.3. The molecule has 1 aromatic rings. The third-order valence-corrected chi connectivity index (χ3v) is 11.7. The first-order valence-corrected chi connectivity index (χ1v) is 11.2. The van der Waals surface area contributed by atoms with Crippen LogP contribution in [0.2, 0.25) is 0 Å². The van der Waals surface area contributed by atoms with E-state index in [1.165, 1.54) is 56.9 Å². The van der Waals surface area contributed by atoms with Crippen molar-refractivity contribution < 1.29 is 20.4 Å². The van der Waals surface area contributed by atoms with Gasteiger partial charge in [0.15, 0.2) is 0 Å². The topological polar surface area (TPSA) is 0 Å². The molecule has 0 N–H and O–H groups in total. The maximum atomic E-state index is 6.64. The molecule has 2 saturated carbocycles. The largest absolute Gasteiger partial charge is 0.304 e. The van der Waals surface area contributed by atoms with Crippen LogP contribution in [0.1, 0.15) is 63.9 Å². The minimum Gasteiger partial charge on any atom is -0.304 e. The zero-order valence-electron chi connectivity index (χ0n) is 13.5. The van der Waals surface area contributed by atoms with Crippen LogP contribution in [-0.2, 0) is 26.8 Å². The predicted molar refractivity (Wildman–Crippen MR) is 97.0 cm³/mol. The van der Waals surface area contributed by atoms with Crippen LogP contribution in [0.4, 0.5) is 0 Å². The van der Waals surface area contributed by atoms with Gasteiger partial charge in [0.2, 0.25) is 0 Å². The van der Waals surface area contributed by atoms with Gasteiger partial charge in [-0.25, -0.2) is 0 Å². The molecule has 126 valence electrons. The Balaban J connectivity index is 0.00000176. The van der Waals surface area contributed by atoms with Gasteiger partial charge in [0.05, 0.1) is 5.30 Å². The number of benzene rings is 1. The minimum atomic E-state index is -1.32. The molecule has 3 heteroatoms. The van der Waals surface area contributed by atoms with E-state index in [1.54, 1.807) is 5.30 Å². The van der Waals surface area contributed by atoms with Crippen molar-refractivity contribution in [3.05, 3.63) is 35.5 Å². The molecular formula is C19H28ClPPd. The summed E-state index contributed by atoms with van der Waals surface area (Å²) in [5.41, 5.74) is 5.40. The first-order valence-electron chi connectivity index (χ1n) is 8.73. The standard InChI is InChI=1S/C19H28ClP.Pd/c1-2-16-8-7-13-19(14-16)21(15-20,17-9-3-4-10-17)18-11-5-6-12-18;/h7-8,13-15,17-18H,2-6,9-12H2,1H3;. The molecule has 0 spiro atoms. The second kappa shape index (κ2) is 8.63. The van der Waals surface area contributed by atoms with Gasteiger partial charge in [-0.15, -0.1) is 0 Å². The summed E-state index contributed by atoms with van der Waals surface area (Å²) < 4.78 is 0. The number of hydrogen-bond acceptors (Lipinski definition) is 0. The molecular weight excluding hydrogens is 401 g/mol. The molecule has 22 heavy (non-hydrogen) atoms. The van der Waals surface area contributed by atoms with Crippen molar-refractivity contribution in [2.45, 2.75) is 76.0 Å². The first kappa shape index (κ1) is 18.9. The third-order valence-electron chi connectivity index (χ3n) is 5.79. The summed E-state index contributed by atoms with van der Waals surface area (Å²) in [7, 11) is -1.32. The summed E-state index contributed by atoms with van der Waals surface area (Å²) in [6, 6.07) is 9.43. The van der Waals surface area contributed by atoms with Crippen molar-refractivity contribution in [1.82, 2.24) is 0 Å². The summed E-state index contributed by atoms with van der Waals surface area (Å²) in [5, 5.41) is 1.61. The van der Waals surface area contributed by atoms with Gasteiger partial charge in [-0.3, -0.25) is 0 Å². The van der Waals surface area contributed by atoms with Crippen LogP contribution in [-0.4, -0.2) is 11.3 Å². The van der Waals surface area contributed by atoms with Gasteiger partial charge in [-0.1, -0.05) is 31.9 Å². The molecule has 0 unspecified atom stereocenters. The van der Waals surface area contributed by atoms with E-state index < -0.39 is 7.26 Å². The van der Waals surface area contributed by atoms with E-state index in [1.807, 2.05) is 0 Å². The molecule has 2 aliphatic rings. The normalized spacial score (nSPS) is 20.3. The van der Waals surface area contributed by atoms with Gasteiger partial charge >= 0.3 is 0 Å². The maximum Gasteiger partial charge on any atom is 0.0667 e. The number of halogens is 1. The Morgan fingerprint density at radius 1 is 1.05 bits per heavy atom. The summed E-state index contributed by atoms with van der Waals surface area (Å²) in [5.74, 6) is 0. The monoisotopic (exact) mass is 428 g/mol. The molecule has 0 bridgehead atoms. The maximum absolute atomic E-state index is 6.64. The number of aryl methyl sites for hydroxylation is 1. The van der Waals surface area contributed by atoms with E-state index in [0.29, 0.717) is 0 Å². The van der Waals surface area contributed by atoms with Crippen molar-refractivity contribution in [1.29, 1.82) is 0 Å². The molecule has 0 amide bonds. The van der Waals surface area contributed by atoms with Gasteiger partial charge in [0.1, 0.15) is 0 Å². The van der Waals surface area contributed by atoms with Crippen LogP contribution in [0.3, 0.4) is 0 Å². The summed E-state index contributed by atoms with van der Waals surface area (Å²) >= 11 is 6.64. The Morgan fingerprint density at radius 3 is 2.05 bits per heavy atom. The summed E-state index contributed by atoms with van der Waals surface area (Å²) in [6.07, 6.45) is 12.4. The quantitative estimate of drug-likeness (QED) is 0.300. The van der Waals surface area contributed by atoms with Gasteiger partial charge < -0.3 is 11.6 Å². The van der Waals surface area contributed by atoms with E-state index in [9.17, 15) is 0 Å². The van der Waals surface area contributed by atoms with Crippen molar-refractivity contribution in [2.24, 2.45) is 0 Å². The minimum absolute atomic E-state index is 0. The van der Waals surface area contributed by atoms with Crippen LogP contribution in [0, 0.1) is 5.62 Å². The molecule has 0 aliphatic heterocycles. The van der Waals surface area contributed by atoms with Crippen LogP contribution in [0.25, 0.3) is 0 Å². The van der Waals surface area contributed by atoms with E-state index in [2.05, 4.69) is 36.8 Å². The Labute approximate surface area is 155 Å². The molecule has 2 fully saturated rings. The van der Waals surface area contributed by atoms with Crippen LogP contribution in [0.5, 0.6) is 0 Å². The molecule has 2 aliphatic carbocycles. The summed E-state index contributed by atoms with van der Waals surface area (Å²) in [4.78, 5) is 0. The second-order valence-electron chi connectivity index (χ2n) is 6.83. The molecule has 0 saturated heterocycles. The fourth-order valence-electron chi connectivity index (χ4n) is 4.62. The van der Waals surface area contributed by atoms with E-state index in [4.69, 9.17) is 11.6 Å². The number of rotatable bonds is 5. The predicted octanol–water partition coefficient (Wildman–Crippen LogP) is 6.13. The van der Waals surface area contributed by atoms with Crippen molar-refractivity contribution in [3.63, 3.8) is 0 Å². The zero-order chi connectivity index (χ0) is 14.7. The average Bonchev–Trinajstić information content (AvgIpc) is 3.23. The van der Waals surface area contributed by atoms with Crippen molar-refractivity contribution >= 4 is 24.2 Å². The van der Waals surface area contributed by atoms with Crippen molar-refractivity contribution in [3.8, 4) is 0 Å². The number of hydrogen-bond donors (Lipinski definition) is 0. The zero-order valence-corrected chi connectivity index (χ0v) is 16.8. The molecule has 3 rings (SSSR count). The molecule has 0 heterocycles. The van der Waals surface area contributed by atoms with Crippen LogP contribution < -0.4 is 5.30 Å². The SMILES string of the molecule is CCc1cccc([P+]([CH-]Cl)(C2CCCC2)C2CCCC2)c1.[Pd]. The Hall–Kier alpha value is 0.602. The van der Waals surface area contributed by atoms with Crippen LogP contribution >= 0.6 is 18.9 Å². The van der Waals surface area contributed by atoms with Gasteiger partial charge in [-0.05, 0) is 75.5 Å². The fourth-order valence-corrected chi connectivity index (χ4v) is 11.0. The van der Waals surface area contributed by atoms with Crippen LogP contribution in [0.15, 0.2) is 24.3 Å². The van der Waals surface area contributed by atoms with E-state index in [-0.39, 0.29) is 20.4 Å². The summed E-state index contributed by atoms with van der Waals surface area (Å²) in [6.45, 7) is 2.26. The van der Waals surface area contributed by atoms with Crippen molar-refractivity contribution in [2.75, 3.05) is 0 Å². The Kier molecular flexibility index (Phi) is 7.42. The Morgan fingerprint density at radius 2 is 1.59 bits per heavy atom. The molecule has 0 aromatic heterocycles. The molecule has 0 nitrogen and oxygen atoms in total. The first-order chi connectivity index (χ1) is 10.3. The molecule has 1 aromatic carbocycles. The fraction of sp³-hybridized carbons (Fsp3) is 0.632. The van der Waals surface area contributed by atoms with Gasteiger partial charge in [0.25, 0.3) is 0 Å². The average molecular weight is 429 g/mol. The van der Waals surface area contributed by atoms with E-state index >= 15 is 0 Å².